The SMILES string of the molecule is O=C(Nc1ncc(Br)s1)c1ccccc1Br. The van der Waals surface area contributed by atoms with E-state index in [2.05, 4.69) is 42.2 Å². The maximum Gasteiger partial charge on any atom is 0.258 e. The lowest BCUT2D eigenvalue weighted by molar-refractivity contribution is 0.102. The zero-order valence-corrected chi connectivity index (χ0v) is 11.9. The fourth-order valence-electron chi connectivity index (χ4n) is 1.12. The third-order valence-electron chi connectivity index (χ3n) is 1.82. The van der Waals surface area contributed by atoms with Gasteiger partial charge in [-0.15, -0.1) is 0 Å². The second-order valence-corrected chi connectivity index (χ2v) is 6.17. The van der Waals surface area contributed by atoms with Crippen molar-refractivity contribution in [3.8, 4) is 0 Å². The van der Waals surface area contributed by atoms with Gasteiger partial charge < -0.3 is 0 Å². The first-order valence-electron chi connectivity index (χ1n) is 4.34. The lowest BCUT2D eigenvalue weighted by atomic mass is 10.2. The Labute approximate surface area is 113 Å². The van der Waals surface area contributed by atoms with Gasteiger partial charge in [0.05, 0.1) is 15.5 Å². The van der Waals surface area contributed by atoms with Crippen LogP contribution in [0.2, 0.25) is 0 Å². The molecule has 1 aromatic heterocycles. The van der Waals surface area contributed by atoms with Crippen LogP contribution < -0.4 is 5.32 Å². The molecule has 0 saturated carbocycles. The van der Waals surface area contributed by atoms with Crippen LogP contribution >= 0.6 is 43.2 Å². The van der Waals surface area contributed by atoms with Crippen LogP contribution in [0.25, 0.3) is 0 Å². The maximum atomic E-state index is 11.9. The number of anilines is 1. The highest BCUT2D eigenvalue weighted by Crippen LogP contribution is 2.24. The van der Waals surface area contributed by atoms with Gasteiger partial charge in [0.25, 0.3) is 5.91 Å². The molecule has 0 saturated heterocycles. The minimum Gasteiger partial charge on any atom is -0.298 e. The van der Waals surface area contributed by atoms with E-state index < -0.39 is 0 Å². The molecule has 0 radical (unpaired) electrons. The van der Waals surface area contributed by atoms with Crippen molar-refractivity contribution in [1.29, 1.82) is 0 Å². The van der Waals surface area contributed by atoms with Gasteiger partial charge >= 0.3 is 0 Å². The third kappa shape index (κ3) is 2.69. The van der Waals surface area contributed by atoms with Crippen molar-refractivity contribution < 1.29 is 4.79 Å². The van der Waals surface area contributed by atoms with Gasteiger partial charge in [0.15, 0.2) is 5.13 Å². The Morgan fingerprint density at radius 1 is 1.31 bits per heavy atom. The largest absolute Gasteiger partial charge is 0.298 e. The summed E-state index contributed by atoms with van der Waals surface area (Å²) in [5, 5.41) is 3.30. The predicted molar refractivity (Wildman–Crippen MR) is 71.9 cm³/mol. The van der Waals surface area contributed by atoms with E-state index in [0.717, 1.165) is 8.26 Å². The zero-order valence-electron chi connectivity index (χ0n) is 7.91. The quantitative estimate of drug-likeness (QED) is 0.880. The van der Waals surface area contributed by atoms with Gasteiger partial charge in [0.2, 0.25) is 0 Å². The summed E-state index contributed by atoms with van der Waals surface area (Å²) in [6, 6.07) is 7.26. The standard InChI is InChI=1S/C10H6Br2N2OS/c11-7-4-2-1-3-6(7)9(15)14-10-13-5-8(12)16-10/h1-5H,(H,13,14,15). The van der Waals surface area contributed by atoms with E-state index in [1.54, 1.807) is 12.3 Å². The summed E-state index contributed by atoms with van der Waals surface area (Å²) in [6.07, 6.45) is 1.65. The molecule has 2 rings (SSSR count). The molecule has 0 spiro atoms. The number of hydrogen-bond acceptors (Lipinski definition) is 3. The zero-order chi connectivity index (χ0) is 11.5. The number of benzene rings is 1. The molecule has 6 heteroatoms. The van der Waals surface area contributed by atoms with Gasteiger partial charge in [-0.3, -0.25) is 10.1 Å². The molecule has 1 aromatic carbocycles. The monoisotopic (exact) mass is 360 g/mol. The number of nitrogens with one attached hydrogen (secondary N) is 1. The maximum absolute atomic E-state index is 11.9. The lowest BCUT2D eigenvalue weighted by Gasteiger charge is -2.03. The molecule has 3 nitrogen and oxygen atoms in total. The van der Waals surface area contributed by atoms with E-state index >= 15 is 0 Å². The Morgan fingerprint density at radius 2 is 2.06 bits per heavy atom. The summed E-state index contributed by atoms with van der Waals surface area (Å²) in [7, 11) is 0. The molecule has 0 aliphatic rings. The number of thiazole rings is 1. The third-order valence-corrected chi connectivity index (χ3v) is 3.90. The molecule has 0 unspecified atom stereocenters. The smallest absolute Gasteiger partial charge is 0.258 e. The molecular formula is C10H6Br2N2OS. The van der Waals surface area contributed by atoms with Crippen molar-refractivity contribution in [2.24, 2.45) is 0 Å². The first kappa shape index (κ1) is 11.8. The van der Waals surface area contributed by atoms with Gasteiger partial charge in [0.1, 0.15) is 0 Å². The van der Waals surface area contributed by atoms with E-state index in [0.29, 0.717) is 10.7 Å². The van der Waals surface area contributed by atoms with Crippen LogP contribution in [0.15, 0.2) is 38.7 Å². The van der Waals surface area contributed by atoms with Crippen molar-refractivity contribution in [1.82, 2.24) is 4.98 Å². The van der Waals surface area contributed by atoms with Crippen LogP contribution in [0.4, 0.5) is 5.13 Å². The van der Waals surface area contributed by atoms with Crippen LogP contribution in [-0.2, 0) is 0 Å². The number of carbonyl (C=O) groups is 1. The van der Waals surface area contributed by atoms with Crippen LogP contribution in [0, 0.1) is 0 Å². The van der Waals surface area contributed by atoms with E-state index in [4.69, 9.17) is 0 Å². The number of rotatable bonds is 2. The number of nitrogens with zero attached hydrogens (tertiary/aromatic N) is 1. The van der Waals surface area contributed by atoms with E-state index in [9.17, 15) is 4.79 Å². The Bertz CT molecular complexity index is 527. The van der Waals surface area contributed by atoms with Gasteiger partial charge in [-0.25, -0.2) is 4.98 Å². The number of hydrogen-bond donors (Lipinski definition) is 1. The predicted octanol–water partition coefficient (Wildman–Crippen LogP) is 3.92. The van der Waals surface area contributed by atoms with E-state index in [1.165, 1.54) is 11.3 Å². The molecule has 16 heavy (non-hydrogen) atoms. The minimum absolute atomic E-state index is 0.172. The second-order valence-electron chi connectivity index (χ2n) is 2.90. The van der Waals surface area contributed by atoms with Gasteiger partial charge in [0, 0.05) is 4.47 Å². The lowest BCUT2D eigenvalue weighted by Crippen LogP contribution is -2.12. The number of carbonyl (C=O) groups excluding carboxylic acids is 1. The highest BCUT2D eigenvalue weighted by Gasteiger charge is 2.10. The highest BCUT2D eigenvalue weighted by atomic mass is 79.9. The first-order valence-corrected chi connectivity index (χ1v) is 6.74. The van der Waals surface area contributed by atoms with Crippen LogP contribution in [0.5, 0.6) is 0 Å². The average molecular weight is 362 g/mol. The van der Waals surface area contributed by atoms with Crippen molar-refractivity contribution in [3.05, 3.63) is 44.3 Å². The summed E-state index contributed by atoms with van der Waals surface area (Å²) in [5.41, 5.74) is 0.592. The minimum atomic E-state index is -0.172. The molecule has 2 aromatic rings. The van der Waals surface area contributed by atoms with Crippen molar-refractivity contribution >= 4 is 54.2 Å². The molecule has 1 amide bonds. The van der Waals surface area contributed by atoms with Crippen molar-refractivity contribution in [2.45, 2.75) is 0 Å². The van der Waals surface area contributed by atoms with E-state index in [-0.39, 0.29) is 5.91 Å². The van der Waals surface area contributed by atoms with Gasteiger partial charge in [-0.2, -0.15) is 0 Å². The van der Waals surface area contributed by atoms with Crippen LogP contribution in [0.1, 0.15) is 10.4 Å². The highest BCUT2D eigenvalue weighted by molar-refractivity contribution is 9.11. The summed E-state index contributed by atoms with van der Waals surface area (Å²) in [5.74, 6) is -0.172. The Morgan fingerprint density at radius 3 is 2.69 bits per heavy atom. The number of aromatic nitrogens is 1. The fourth-order valence-corrected chi connectivity index (χ4v) is 2.69. The molecule has 0 aliphatic carbocycles. The molecule has 82 valence electrons. The average Bonchev–Trinajstić information content (AvgIpc) is 2.64. The topological polar surface area (TPSA) is 42.0 Å². The van der Waals surface area contributed by atoms with Crippen molar-refractivity contribution in [3.63, 3.8) is 0 Å². The van der Waals surface area contributed by atoms with Crippen LogP contribution in [-0.4, -0.2) is 10.9 Å². The molecule has 1 heterocycles. The first-order chi connectivity index (χ1) is 7.66. The summed E-state index contributed by atoms with van der Waals surface area (Å²) < 4.78 is 1.65. The normalized spacial score (nSPS) is 10.1. The fraction of sp³-hybridized carbons (Fsp3) is 0. The molecule has 0 aliphatic heterocycles. The molecule has 0 atom stereocenters. The molecular weight excluding hydrogens is 356 g/mol. The Balaban J connectivity index is 2.18. The van der Waals surface area contributed by atoms with E-state index in [1.807, 2.05) is 18.2 Å². The van der Waals surface area contributed by atoms with Crippen molar-refractivity contribution in [2.75, 3.05) is 5.32 Å². The Hall–Kier alpha value is -0.720. The van der Waals surface area contributed by atoms with Crippen LogP contribution in [0.3, 0.4) is 0 Å². The molecule has 0 bridgehead atoms. The second kappa shape index (κ2) is 5.07. The summed E-state index contributed by atoms with van der Waals surface area (Å²) >= 11 is 7.99. The summed E-state index contributed by atoms with van der Waals surface area (Å²) in [4.78, 5) is 15.9. The number of halogens is 2. The molecule has 1 N–H and O–H groups in total. The molecule has 0 fully saturated rings. The summed E-state index contributed by atoms with van der Waals surface area (Å²) in [6.45, 7) is 0. The Kier molecular flexibility index (Phi) is 3.73. The van der Waals surface area contributed by atoms with Gasteiger partial charge in [-0.1, -0.05) is 23.5 Å². The number of amides is 1. The van der Waals surface area contributed by atoms with Gasteiger partial charge in [-0.05, 0) is 44.0 Å².